The van der Waals surface area contributed by atoms with Crippen molar-refractivity contribution in [3.8, 4) is 11.5 Å². The number of nitrogens with one attached hydrogen (secondary N) is 2. The number of aliphatic imine (C=N–C) groups is 1. The van der Waals surface area contributed by atoms with Crippen LogP contribution in [0.4, 0.5) is 0 Å². The lowest BCUT2D eigenvalue weighted by Gasteiger charge is -2.14. The molecule has 1 heterocycles. The number of benzene rings is 1. The standard InChI is InChI=1S/C22H32N4O3.HI/c1-4-24-22(26-16-19(27)18-10-13-23-14-11-18)25-12-6-7-17-8-9-20(28-3)21(15-17)29-5-2;/h8-11,13-15,19,27H,4-7,12,16H2,1-3H3,(H2,24,25,26);1H. The quantitative estimate of drug-likeness (QED) is 0.180. The molecule has 166 valence electrons. The first-order valence-electron chi connectivity index (χ1n) is 10.1. The van der Waals surface area contributed by atoms with Gasteiger partial charge in [0.25, 0.3) is 0 Å². The van der Waals surface area contributed by atoms with E-state index < -0.39 is 6.10 Å². The van der Waals surface area contributed by atoms with Crippen LogP contribution in [0.5, 0.6) is 11.5 Å². The molecule has 0 saturated carbocycles. The van der Waals surface area contributed by atoms with Gasteiger partial charge >= 0.3 is 0 Å². The second-order valence-electron chi connectivity index (χ2n) is 6.46. The van der Waals surface area contributed by atoms with Gasteiger partial charge in [0.1, 0.15) is 0 Å². The molecule has 3 N–H and O–H groups in total. The predicted octanol–water partition coefficient (Wildman–Crippen LogP) is 3.33. The fraction of sp³-hybridized carbons (Fsp3) is 0.455. The van der Waals surface area contributed by atoms with Gasteiger partial charge in [-0.3, -0.25) is 9.98 Å². The molecule has 1 unspecified atom stereocenters. The van der Waals surface area contributed by atoms with Crippen LogP contribution < -0.4 is 20.1 Å². The van der Waals surface area contributed by atoms with Crippen LogP contribution in [0.1, 0.15) is 37.5 Å². The molecular formula is C22H33IN4O3. The van der Waals surface area contributed by atoms with Gasteiger partial charge in [-0.1, -0.05) is 6.07 Å². The van der Waals surface area contributed by atoms with Crippen molar-refractivity contribution in [2.24, 2.45) is 4.99 Å². The molecule has 0 fully saturated rings. The summed E-state index contributed by atoms with van der Waals surface area (Å²) in [6, 6.07) is 9.63. The average Bonchev–Trinajstić information content (AvgIpc) is 2.75. The second-order valence-corrected chi connectivity index (χ2v) is 6.46. The topological polar surface area (TPSA) is 88.0 Å². The van der Waals surface area contributed by atoms with Crippen molar-refractivity contribution in [2.75, 3.05) is 33.4 Å². The molecule has 0 amide bonds. The molecular weight excluding hydrogens is 495 g/mol. The molecule has 2 rings (SSSR count). The largest absolute Gasteiger partial charge is 0.493 e. The Hall–Kier alpha value is -2.07. The van der Waals surface area contributed by atoms with E-state index in [-0.39, 0.29) is 30.5 Å². The summed E-state index contributed by atoms with van der Waals surface area (Å²) in [7, 11) is 1.65. The Labute approximate surface area is 196 Å². The van der Waals surface area contributed by atoms with Gasteiger partial charge in [0.2, 0.25) is 0 Å². The highest BCUT2D eigenvalue weighted by molar-refractivity contribution is 14.0. The Bertz CT molecular complexity index is 759. The number of ether oxygens (including phenoxy) is 2. The zero-order chi connectivity index (χ0) is 20.9. The van der Waals surface area contributed by atoms with Crippen LogP contribution in [0.2, 0.25) is 0 Å². The number of aromatic nitrogens is 1. The van der Waals surface area contributed by atoms with Gasteiger partial charge in [-0.25, -0.2) is 0 Å². The summed E-state index contributed by atoms with van der Waals surface area (Å²) in [6.45, 7) is 6.40. The SMILES string of the molecule is CCNC(=NCC(O)c1ccncc1)NCCCc1ccc(OC)c(OCC)c1.I. The van der Waals surface area contributed by atoms with E-state index in [1.807, 2.05) is 26.0 Å². The number of halogens is 1. The van der Waals surface area contributed by atoms with E-state index in [9.17, 15) is 5.11 Å². The molecule has 30 heavy (non-hydrogen) atoms. The number of aliphatic hydroxyl groups is 1. The van der Waals surface area contributed by atoms with Crippen LogP contribution in [-0.4, -0.2) is 49.4 Å². The lowest BCUT2D eigenvalue weighted by molar-refractivity contribution is 0.187. The highest BCUT2D eigenvalue weighted by Gasteiger charge is 2.08. The van der Waals surface area contributed by atoms with Crippen LogP contribution in [0.15, 0.2) is 47.7 Å². The van der Waals surface area contributed by atoms with Gasteiger partial charge in [-0.15, -0.1) is 24.0 Å². The minimum Gasteiger partial charge on any atom is -0.493 e. The summed E-state index contributed by atoms with van der Waals surface area (Å²) in [6.07, 6.45) is 4.54. The van der Waals surface area contributed by atoms with Gasteiger partial charge in [0, 0.05) is 25.5 Å². The molecule has 7 nitrogen and oxygen atoms in total. The number of hydrogen-bond acceptors (Lipinski definition) is 5. The molecule has 1 atom stereocenters. The monoisotopic (exact) mass is 528 g/mol. The Balaban J connectivity index is 0.00000450. The van der Waals surface area contributed by atoms with Crippen LogP contribution in [-0.2, 0) is 6.42 Å². The molecule has 0 aliphatic heterocycles. The Morgan fingerprint density at radius 3 is 2.57 bits per heavy atom. The molecule has 0 radical (unpaired) electrons. The maximum absolute atomic E-state index is 10.3. The number of guanidine groups is 1. The highest BCUT2D eigenvalue weighted by atomic mass is 127. The third-order valence-corrected chi connectivity index (χ3v) is 4.32. The fourth-order valence-corrected chi connectivity index (χ4v) is 2.85. The number of rotatable bonds is 11. The van der Waals surface area contributed by atoms with Crippen LogP contribution in [0, 0.1) is 0 Å². The van der Waals surface area contributed by atoms with Crippen molar-refractivity contribution >= 4 is 29.9 Å². The number of hydrogen-bond donors (Lipinski definition) is 3. The Morgan fingerprint density at radius 2 is 1.90 bits per heavy atom. The van der Waals surface area contributed by atoms with E-state index >= 15 is 0 Å². The molecule has 0 bridgehead atoms. The molecule has 2 aromatic rings. The highest BCUT2D eigenvalue weighted by Crippen LogP contribution is 2.28. The molecule has 0 saturated heterocycles. The zero-order valence-electron chi connectivity index (χ0n) is 17.9. The Morgan fingerprint density at radius 1 is 1.13 bits per heavy atom. The maximum atomic E-state index is 10.3. The smallest absolute Gasteiger partial charge is 0.191 e. The van der Waals surface area contributed by atoms with Crippen molar-refractivity contribution in [3.05, 3.63) is 53.9 Å². The van der Waals surface area contributed by atoms with Gasteiger partial charge in [-0.2, -0.15) is 0 Å². The van der Waals surface area contributed by atoms with Crippen LogP contribution in [0.25, 0.3) is 0 Å². The number of nitrogens with zero attached hydrogens (tertiary/aromatic N) is 2. The first kappa shape index (κ1) is 26.0. The second kappa shape index (κ2) is 14.8. The van der Waals surface area contributed by atoms with E-state index in [0.29, 0.717) is 12.6 Å². The van der Waals surface area contributed by atoms with E-state index in [2.05, 4.69) is 26.7 Å². The summed E-state index contributed by atoms with van der Waals surface area (Å²) in [5.41, 5.74) is 2.01. The summed E-state index contributed by atoms with van der Waals surface area (Å²) < 4.78 is 11.0. The molecule has 0 aliphatic rings. The lowest BCUT2D eigenvalue weighted by atomic mass is 10.1. The maximum Gasteiger partial charge on any atom is 0.191 e. The van der Waals surface area contributed by atoms with Gasteiger partial charge in [0.05, 0.1) is 26.4 Å². The number of methoxy groups -OCH3 is 1. The van der Waals surface area contributed by atoms with Crippen molar-refractivity contribution in [3.63, 3.8) is 0 Å². The van der Waals surface area contributed by atoms with Crippen LogP contribution in [0.3, 0.4) is 0 Å². The van der Waals surface area contributed by atoms with Crippen molar-refractivity contribution < 1.29 is 14.6 Å². The fourth-order valence-electron chi connectivity index (χ4n) is 2.85. The Kier molecular flexibility index (Phi) is 12.8. The molecule has 1 aromatic heterocycles. The first-order valence-corrected chi connectivity index (χ1v) is 10.1. The first-order chi connectivity index (χ1) is 14.2. The number of pyridine rings is 1. The number of aryl methyl sites for hydroxylation is 1. The third-order valence-electron chi connectivity index (χ3n) is 4.32. The number of aliphatic hydroxyl groups excluding tert-OH is 1. The van der Waals surface area contributed by atoms with Crippen molar-refractivity contribution in [2.45, 2.75) is 32.8 Å². The van der Waals surface area contributed by atoms with E-state index in [0.717, 1.165) is 43.0 Å². The summed E-state index contributed by atoms with van der Waals surface area (Å²) in [4.78, 5) is 8.45. The predicted molar refractivity (Wildman–Crippen MR) is 131 cm³/mol. The van der Waals surface area contributed by atoms with Gasteiger partial charge < -0.3 is 25.2 Å². The van der Waals surface area contributed by atoms with Crippen molar-refractivity contribution in [1.29, 1.82) is 0 Å². The minimum absolute atomic E-state index is 0. The summed E-state index contributed by atoms with van der Waals surface area (Å²) in [5, 5.41) is 16.8. The molecule has 0 aliphatic carbocycles. The van der Waals surface area contributed by atoms with Gasteiger partial charge in [0.15, 0.2) is 17.5 Å². The third kappa shape index (κ3) is 8.74. The van der Waals surface area contributed by atoms with Gasteiger partial charge in [-0.05, 0) is 62.1 Å². The summed E-state index contributed by atoms with van der Waals surface area (Å²) >= 11 is 0. The van der Waals surface area contributed by atoms with Crippen LogP contribution >= 0.6 is 24.0 Å². The molecule has 1 aromatic carbocycles. The summed E-state index contributed by atoms with van der Waals surface area (Å²) in [5.74, 6) is 2.23. The minimum atomic E-state index is -0.648. The average molecular weight is 528 g/mol. The van der Waals surface area contributed by atoms with E-state index in [4.69, 9.17) is 9.47 Å². The van der Waals surface area contributed by atoms with Crippen molar-refractivity contribution in [1.82, 2.24) is 15.6 Å². The van der Waals surface area contributed by atoms with E-state index in [1.165, 1.54) is 5.56 Å². The molecule has 0 spiro atoms. The molecule has 8 heteroatoms. The zero-order valence-corrected chi connectivity index (χ0v) is 20.3. The lowest BCUT2D eigenvalue weighted by Crippen LogP contribution is -2.38. The van der Waals surface area contributed by atoms with E-state index in [1.54, 1.807) is 31.6 Å². The normalized spacial score (nSPS) is 11.9.